The van der Waals surface area contributed by atoms with Crippen LogP contribution in [0.25, 0.3) is 0 Å². The molecule has 0 bridgehead atoms. The minimum absolute atomic E-state index is 0.0243. The highest BCUT2D eigenvalue weighted by Gasteiger charge is 2.51. The van der Waals surface area contributed by atoms with Gasteiger partial charge in [-0.3, -0.25) is 4.79 Å². The zero-order valence-corrected chi connectivity index (χ0v) is 7.19. The molecule has 0 spiro atoms. The van der Waals surface area contributed by atoms with E-state index in [2.05, 4.69) is 4.74 Å². The van der Waals surface area contributed by atoms with Crippen LogP contribution < -0.4 is 0 Å². The van der Waals surface area contributed by atoms with Crippen molar-refractivity contribution < 1.29 is 14.6 Å². The van der Waals surface area contributed by atoms with Gasteiger partial charge >= 0.3 is 5.97 Å². The van der Waals surface area contributed by atoms with Gasteiger partial charge in [-0.2, -0.15) is 0 Å². The molecule has 2 fully saturated rings. The highest BCUT2D eigenvalue weighted by atomic mass is 16.5. The van der Waals surface area contributed by atoms with Crippen molar-refractivity contribution in [2.45, 2.75) is 25.4 Å². The lowest BCUT2D eigenvalue weighted by Gasteiger charge is -2.22. The average Bonchev–Trinajstić information content (AvgIpc) is 2.80. The summed E-state index contributed by atoms with van der Waals surface area (Å²) in [4.78, 5) is 11.2. The molecule has 0 saturated heterocycles. The Bertz CT molecular complexity index is 202. The Morgan fingerprint density at radius 2 is 2.17 bits per heavy atom. The van der Waals surface area contributed by atoms with Crippen LogP contribution >= 0.6 is 0 Å². The summed E-state index contributed by atoms with van der Waals surface area (Å²) in [7, 11) is 1.42. The molecule has 12 heavy (non-hydrogen) atoms. The third-order valence-corrected chi connectivity index (χ3v) is 3.10. The Balaban J connectivity index is 2.01. The Morgan fingerprint density at radius 1 is 1.42 bits per heavy atom. The van der Waals surface area contributed by atoms with Crippen molar-refractivity contribution in [3.63, 3.8) is 0 Å². The molecular formula is C9H14O3. The van der Waals surface area contributed by atoms with Crippen molar-refractivity contribution in [2.75, 3.05) is 7.11 Å². The zero-order chi connectivity index (χ0) is 8.72. The quantitative estimate of drug-likeness (QED) is 0.585. The molecule has 0 amide bonds. The number of esters is 1. The fraction of sp³-hybridized carbons (Fsp3) is 0.889. The second-order valence-electron chi connectivity index (χ2n) is 3.91. The highest BCUT2D eigenvalue weighted by Crippen LogP contribution is 2.53. The molecule has 3 nitrogen and oxygen atoms in total. The van der Waals surface area contributed by atoms with Gasteiger partial charge in [-0.05, 0) is 31.1 Å². The standard InChI is InChI=1S/C9H14O3/c1-12-9(11)8-4-6(10)2-5-3-7(5)8/h5-8,10H,2-4H2,1H3/t5-,6+,7+,8+/m0/s1. The van der Waals surface area contributed by atoms with E-state index in [-0.39, 0.29) is 18.0 Å². The maximum Gasteiger partial charge on any atom is 0.309 e. The third-order valence-electron chi connectivity index (χ3n) is 3.10. The molecule has 2 rings (SSSR count). The van der Waals surface area contributed by atoms with Crippen LogP contribution in [0.5, 0.6) is 0 Å². The van der Waals surface area contributed by atoms with Crippen molar-refractivity contribution in [3.8, 4) is 0 Å². The number of carbonyl (C=O) groups excluding carboxylic acids is 1. The number of carbonyl (C=O) groups is 1. The number of hydrogen-bond donors (Lipinski definition) is 1. The second kappa shape index (κ2) is 2.73. The van der Waals surface area contributed by atoms with E-state index >= 15 is 0 Å². The van der Waals surface area contributed by atoms with Gasteiger partial charge < -0.3 is 9.84 Å². The summed E-state index contributed by atoms with van der Waals surface area (Å²) < 4.78 is 4.69. The number of aliphatic hydroxyl groups excluding tert-OH is 1. The zero-order valence-electron chi connectivity index (χ0n) is 7.19. The molecule has 3 heteroatoms. The van der Waals surface area contributed by atoms with Crippen LogP contribution in [0.1, 0.15) is 19.3 Å². The molecule has 0 aromatic carbocycles. The Labute approximate surface area is 71.7 Å². The van der Waals surface area contributed by atoms with Crippen LogP contribution in [0.4, 0.5) is 0 Å². The van der Waals surface area contributed by atoms with Gasteiger partial charge in [0.2, 0.25) is 0 Å². The summed E-state index contributed by atoms with van der Waals surface area (Å²) in [5.74, 6) is 0.948. The Morgan fingerprint density at radius 3 is 2.83 bits per heavy atom. The van der Waals surface area contributed by atoms with Crippen molar-refractivity contribution in [1.29, 1.82) is 0 Å². The molecule has 2 aliphatic rings. The van der Waals surface area contributed by atoms with E-state index in [9.17, 15) is 9.90 Å². The second-order valence-corrected chi connectivity index (χ2v) is 3.91. The maximum absolute atomic E-state index is 11.2. The average molecular weight is 170 g/mol. The maximum atomic E-state index is 11.2. The molecule has 0 aromatic heterocycles. The summed E-state index contributed by atoms with van der Waals surface area (Å²) in [5, 5.41) is 9.41. The van der Waals surface area contributed by atoms with Crippen LogP contribution in [0.2, 0.25) is 0 Å². The molecule has 4 atom stereocenters. The first-order valence-electron chi connectivity index (χ1n) is 4.48. The van der Waals surface area contributed by atoms with Crippen LogP contribution in [0, 0.1) is 17.8 Å². The van der Waals surface area contributed by atoms with Gasteiger partial charge in [0.25, 0.3) is 0 Å². The van der Waals surface area contributed by atoms with Crippen molar-refractivity contribution in [2.24, 2.45) is 17.8 Å². The summed E-state index contributed by atoms with van der Waals surface area (Å²) >= 11 is 0. The van der Waals surface area contributed by atoms with Gasteiger partial charge in [-0.25, -0.2) is 0 Å². The van der Waals surface area contributed by atoms with E-state index in [4.69, 9.17) is 0 Å². The van der Waals surface area contributed by atoms with Gasteiger partial charge in [-0.15, -0.1) is 0 Å². The first-order chi connectivity index (χ1) is 5.72. The molecule has 0 aromatic rings. The van der Waals surface area contributed by atoms with Crippen molar-refractivity contribution in [1.82, 2.24) is 0 Å². The van der Waals surface area contributed by atoms with Gasteiger partial charge in [0.05, 0.1) is 19.1 Å². The van der Waals surface area contributed by atoms with E-state index in [1.54, 1.807) is 0 Å². The van der Waals surface area contributed by atoms with E-state index in [0.29, 0.717) is 18.3 Å². The summed E-state index contributed by atoms with van der Waals surface area (Å²) in [6.07, 6.45) is 2.32. The SMILES string of the molecule is COC(=O)[C@@H]1C[C@H](O)C[C@H]2C[C@H]21. The lowest BCUT2D eigenvalue weighted by atomic mass is 9.87. The molecule has 0 aliphatic heterocycles. The number of rotatable bonds is 1. The van der Waals surface area contributed by atoms with Gasteiger partial charge in [0.15, 0.2) is 0 Å². The van der Waals surface area contributed by atoms with Gasteiger partial charge in [0, 0.05) is 0 Å². The largest absolute Gasteiger partial charge is 0.469 e. The fourth-order valence-electron chi connectivity index (χ4n) is 2.37. The van der Waals surface area contributed by atoms with Crippen LogP contribution in [0.15, 0.2) is 0 Å². The Kier molecular flexibility index (Phi) is 1.83. The molecule has 1 N–H and O–H groups in total. The molecule has 2 aliphatic carbocycles. The highest BCUT2D eigenvalue weighted by molar-refractivity contribution is 5.73. The van der Waals surface area contributed by atoms with E-state index in [1.165, 1.54) is 7.11 Å². The van der Waals surface area contributed by atoms with E-state index < -0.39 is 0 Å². The normalized spacial score (nSPS) is 44.8. The molecule has 0 radical (unpaired) electrons. The lowest BCUT2D eigenvalue weighted by molar-refractivity contribution is -0.148. The predicted octanol–water partition coefficient (Wildman–Crippen LogP) is 0.566. The number of methoxy groups -OCH3 is 1. The van der Waals surface area contributed by atoms with E-state index in [0.717, 1.165) is 12.8 Å². The predicted molar refractivity (Wildman–Crippen MR) is 42.3 cm³/mol. The number of hydrogen-bond acceptors (Lipinski definition) is 3. The third kappa shape index (κ3) is 1.22. The first-order valence-corrected chi connectivity index (χ1v) is 4.48. The summed E-state index contributed by atoms with van der Waals surface area (Å²) in [6.45, 7) is 0. The molecule has 2 saturated carbocycles. The summed E-state index contributed by atoms with van der Waals surface area (Å²) in [6, 6.07) is 0. The lowest BCUT2D eigenvalue weighted by Crippen LogP contribution is -2.28. The van der Waals surface area contributed by atoms with E-state index in [1.807, 2.05) is 0 Å². The van der Waals surface area contributed by atoms with Crippen molar-refractivity contribution >= 4 is 5.97 Å². The topological polar surface area (TPSA) is 46.5 Å². The van der Waals surface area contributed by atoms with Gasteiger partial charge in [-0.1, -0.05) is 0 Å². The fourth-order valence-corrected chi connectivity index (χ4v) is 2.37. The molecule has 0 unspecified atom stereocenters. The minimum atomic E-state index is -0.280. The monoisotopic (exact) mass is 170 g/mol. The Hall–Kier alpha value is -0.570. The molecular weight excluding hydrogens is 156 g/mol. The smallest absolute Gasteiger partial charge is 0.309 e. The molecule has 68 valence electrons. The van der Waals surface area contributed by atoms with Gasteiger partial charge in [0.1, 0.15) is 0 Å². The van der Waals surface area contributed by atoms with Crippen LogP contribution in [-0.2, 0) is 9.53 Å². The minimum Gasteiger partial charge on any atom is -0.469 e. The molecule has 0 heterocycles. The summed E-state index contributed by atoms with van der Waals surface area (Å²) in [5.41, 5.74) is 0. The van der Waals surface area contributed by atoms with Crippen LogP contribution in [-0.4, -0.2) is 24.3 Å². The number of ether oxygens (including phenoxy) is 1. The number of aliphatic hydroxyl groups is 1. The first kappa shape index (κ1) is 8.05. The van der Waals surface area contributed by atoms with Crippen LogP contribution in [0.3, 0.4) is 0 Å². The number of fused-ring (bicyclic) bond motifs is 1. The van der Waals surface area contributed by atoms with Crippen molar-refractivity contribution in [3.05, 3.63) is 0 Å².